The lowest BCUT2D eigenvalue weighted by Gasteiger charge is -2.37. The van der Waals surface area contributed by atoms with Crippen molar-refractivity contribution in [2.24, 2.45) is 0 Å². The molecular formula is C30H38F3N9O5. The lowest BCUT2D eigenvalue weighted by Crippen LogP contribution is -2.52. The molecule has 5 heterocycles. The molecule has 0 aromatic carbocycles. The quantitative estimate of drug-likeness (QED) is 0.290. The van der Waals surface area contributed by atoms with Crippen LogP contribution < -0.4 is 15.5 Å². The van der Waals surface area contributed by atoms with Gasteiger partial charge >= 0.3 is 12.3 Å². The maximum absolute atomic E-state index is 14.3. The third-order valence-corrected chi connectivity index (χ3v) is 8.02. The number of nitrogens with one attached hydrogen (secondary N) is 2. The van der Waals surface area contributed by atoms with Gasteiger partial charge < -0.3 is 24.8 Å². The van der Waals surface area contributed by atoms with Crippen LogP contribution in [0.3, 0.4) is 0 Å². The molecule has 2 fully saturated rings. The zero-order valence-corrected chi connectivity index (χ0v) is 26.3. The van der Waals surface area contributed by atoms with E-state index < -0.39 is 24.1 Å². The molecular weight excluding hydrogens is 623 g/mol. The molecule has 2 aliphatic rings. The maximum Gasteiger partial charge on any atom is 0.417 e. The van der Waals surface area contributed by atoms with Crippen LogP contribution in [0.1, 0.15) is 25.0 Å². The topological polar surface area (TPSA) is 150 Å². The number of aliphatic hydroxyl groups is 1. The van der Waals surface area contributed by atoms with E-state index >= 15 is 0 Å². The number of alkyl halides is 3. The Morgan fingerprint density at radius 1 is 1.21 bits per heavy atom. The van der Waals surface area contributed by atoms with Gasteiger partial charge in [0.25, 0.3) is 0 Å². The Kier molecular flexibility index (Phi) is 10.6. The molecule has 14 nitrogen and oxygen atoms in total. The molecule has 2 aliphatic heterocycles. The van der Waals surface area contributed by atoms with Crippen molar-refractivity contribution in [3.05, 3.63) is 47.8 Å². The van der Waals surface area contributed by atoms with E-state index in [4.69, 9.17) is 4.74 Å². The number of amides is 2. The number of fused-ring (bicyclic) bond motifs is 1. The van der Waals surface area contributed by atoms with Crippen LogP contribution in [0, 0.1) is 0 Å². The predicted octanol–water partition coefficient (Wildman–Crippen LogP) is 2.34. The van der Waals surface area contributed by atoms with Gasteiger partial charge in [0.15, 0.2) is 11.6 Å². The number of aliphatic hydroxyl groups excluding tert-OH is 1. The highest BCUT2D eigenvalue weighted by molar-refractivity contribution is 5.87. The summed E-state index contributed by atoms with van der Waals surface area (Å²) in [5.41, 5.74) is 0.115. The molecule has 5 rings (SSSR count). The third kappa shape index (κ3) is 8.16. The van der Waals surface area contributed by atoms with Gasteiger partial charge in [0.05, 0.1) is 44.0 Å². The molecule has 0 saturated carbocycles. The van der Waals surface area contributed by atoms with E-state index in [0.29, 0.717) is 63.8 Å². The van der Waals surface area contributed by atoms with Gasteiger partial charge in [-0.05, 0) is 37.6 Å². The number of aromatic nitrogens is 4. The Morgan fingerprint density at radius 3 is 2.66 bits per heavy atom. The first-order valence-electron chi connectivity index (χ1n) is 15.2. The van der Waals surface area contributed by atoms with Gasteiger partial charge in [0.1, 0.15) is 17.6 Å². The summed E-state index contributed by atoms with van der Waals surface area (Å²) in [5.74, 6) is -0.302. The first-order chi connectivity index (χ1) is 22.5. The van der Waals surface area contributed by atoms with Crippen LogP contribution in [0.5, 0.6) is 0 Å². The molecule has 0 radical (unpaired) electrons. The van der Waals surface area contributed by atoms with Gasteiger partial charge in [-0.25, -0.2) is 19.3 Å². The summed E-state index contributed by atoms with van der Waals surface area (Å²) >= 11 is 0. The lowest BCUT2D eigenvalue weighted by molar-refractivity contribution is -0.137. The van der Waals surface area contributed by atoms with Crippen molar-refractivity contribution < 1.29 is 37.3 Å². The van der Waals surface area contributed by atoms with E-state index in [-0.39, 0.29) is 35.7 Å². The number of nitrogens with zero attached hydrogens (tertiary/aromatic N) is 7. The van der Waals surface area contributed by atoms with Gasteiger partial charge in [-0.15, -0.1) is 5.10 Å². The van der Waals surface area contributed by atoms with Crippen LogP contribution in [0.25, 0.3) is 16.9 Å². The maximum atomic E-state index is 14.3. The average Bonchev–Trinajstić information content (AvgIpc) is 3.46. The van der Waals surface area contributed by atoms with Gasteiger partial charge in [0, 0.05) is 51.7 Å². The number of ether oxygens (including phenoxy) is 2. The number of pyridine rings is 1. The van der Waals surface area contributed by atoms with E-state index in [1.54, 1.807) is 23.7 Å². The number of allylic oxidation sites excluding steroid dienone is 1. The van der Waals surface area contributed by atoms with Crippen LogP contribution in [0.2, 0.25) is 0 Å². The fourth-order valence-electron chi connectivity index (χ4n) is 5.59. The number of hydrogen-bond donors (Lipinski definition) is 3. The zero-order valence-electron chi connectivity index (χ0n) is 26.3. The second-order valence-electron chi connectivity index (χ2n) is 11.3. The minimum atomic E-state index is -4.80. The molecule has 0 spiro atoms. The first kappa shape index (κ1) is 34.0. The molecule has 0 bridgehead atoms. The van der Waals surface area contributed by atoms with Crippen LogP contribution >= 0.6 is 0 Å². The van der Waals surface area contributed by atoms with Crippen LogP contribution in [-0.4, -0.2) is 118 Å². The first-order valence-corrected chi connectivity index (χ1v) is 15.2. The van der Waals surface area contributed by atoms with E-state index in [2.05, 4.69) is 35.3 Å². The number of methoxy groups -OCH3 is 1. The number of rotatable bonds is 9. The molecule has 17 heteroatoms. The number of halogens is 3. The number of piperazine rings is 1. The highest BCUT2D eigenvalue weighted by Crippen LogP contribution is 2.38. The summed E-state index contributed by atoms with van der Waals surface area (Å²) in [5, 5.41) is 19.9. The molecule has 2 saturated heterocycles. The number of morpholine rings is 1. The van der Waals surface area contributed by atoms with E-state index in [0.717, 1.165) is 24.9 Å². The minimum Gasteiger partial charge on any atom is -0.453 e. The molecule has 0 aliphatic carbocycles. The smallest absolute Gasteiger partial charge is 0.417 e. The molecule has 254 valence electrons. The summed E-state index contributed by atoms with van der Waals surface area (Å²) < 4.78 is 54.6. The normalized spacial score (nSPS) is 18.9. The summed E-state index contributed by atoms with van der Waals surface area (Å²) in [4.78, 5) is 38.1. The minimum absolute atomic E-state index is 0.0947. The van der Waals surface area contributed by atoms with Gasteiger partial charge in [0.2, 0.25) is 5.91 Å². The highest BCUT2D eigenvalue weighted by atomic mass is 19.4. The largest absolute Gasteiger partial charge is 0.453 e. The number of carbonyl (C=O) groups excluding carboxylic acids is 2. The van der Waals surface area contributed by atoms with E-state index in [1.165, 1.54) is 6.08 Å². The van der Waals surface area contributed by atoms with Crippen molar-refractivity contribution in [1.29, 1.82) is 0 Å². The number of anilines is 2. The second-order valence-corrected chi connectivity index (χ2v) is 11.3. The monoisotopic (exact) mass is 661 g/mol. The second kappa shape index (κ2) is 14.6. The summed E-state index contributed by atoms with van der Waals surface area (Å²) in [7, 11) is 1.09. The van der Waals surface area contributed by atoms with Crippen LogP contribution in [0.15, 0.2) is 36.7 Å². The zero-order chi connectivity index (χ0) is 33.7. The van der Waals surface area contributed by atoms with Crippen molar-refractivity contribution in [3.63, 3.8) is 0 Å². The summed E-state index contributed by atoms with van der Waals surface area (Å²) in [6, 6.07) is 2.57. The number of carbonyl (C=O) groups is 2. The van der Waals surface area contributed by atoms with E-state index in [9.17, 15) is 27.9 Å². The van der Waals surface area contributed by atoms with Crippen molar-refractivity contribution in [3.8, 4) is 11.4 Å². The molecule has 2 amide bonds. The molecule has 47 heavy (non-hydrogen) atoms. The van der Waals surface area contributed by atoms with Crippen molar-refractivity contribution in [2.75, 3.05) is 69.8 Å². The SMILES string of the molecule is C/C=C/C(=O)NCC(O)N1CCN(Cc2cc3c(N4CCOC[C@@H]4C)nc(-c4cnc(NC(=O)OC)cc4C(F)(F)F)nn3c2)CC1. The van der Waals surface area contributed by atoms with Gasteiger partial charge in [-0.1, -0.05) is 6.08 Å². The van der Waals surface area contributed by atoms with Crippen molar-refractivity contribution in [2.45, 2.75) is 38.8 Å². The standard InChI is InChI=1S/C30H38F3N9O5/c1-4-5-25(43)35-15-26(44)40-8-6-39(7-9-40)16-20-12-23-28(41-10-11-47-18-19(41)2)37-27(38-42(23)17-20)21-14-34-24(36-29(45)46-3)13-22(21)30(31,32)33/h4-5,12-14,17,19,26,44H,6-11,15-16,18H2,1-3H3,(H,35,43)(H,34,36,45)/b5-4+/t19-,26?/m0/s1. The molecule has 3 aromatic heterocycles. The third-order valence-electron chi connectivity index (χ3n) is 8.02. The molecule has 3 aromatic rings. The predicted molar refractivity (Wildman–Crippen MR) is 166 cm³/mol. The fraction of sp³-hybridized carbons (Fsp3) is 0.500. The number of hydrogen-bond acceptors (Lipinski definition) is 11. The molecule has 3 N–H and O–H groups in total. The Morgan fingerprint density at radius 2 is 1.98 bits per heavy atom. The summed E-state index contributed by atoms with van der Waals surface area (Å²) in [6.07, 6.45) is -0.762. The van der Waals surface area contributed by atoms with E-state index in [1.807, 2.05) is 22.8 Å². The van der Waals surface area contributed by atoms with Crippen LogP contribution in [0.4, 0.5) is 29.6 Å². The summed E-state index contributed by atoms with van der Waals surface area (Å²) in [6.45, 7) is 8.19. The van der Waals surface area contributed by atoms with Crippen LogP contribution in [-0.2, 0) is 27.0 Å². The lowest BCUT2D eigenvalue weighted by atomic mass is 10.1. The van der Waals surface area contributed by atoms with Gasteiger partial charge in [-0.3, -0.25) is 19.9 Å². The highest BCUT2D eigenvalue weighted by Gasteiger charge is 2.36. The molecule has 1 unspecified atom stereocenters. The Labute approximate surface area is 269 Å². The average molecular weight is 662 g/mol. The van der Waals surface area contributed by atoms with Crippen molar-refractivity contribution >= 4 is 29.2 Å². The van der Waals surface area contributed by atoms with Gasteiger partial charge in [-0.2, -0.15) is 13.2 Å². The Bertz CT molecular complexity index is 1610. The Hall–Kier alpha value is -4.32. The Balaban J connectivity index is 1.41. The van der Waals surface area contributed by atoms with Crippen molar-refractivity contribution in [1.82, 2.24) is 34.7 Å². The fourth-order valence-corrected chi connectivity index (χ4v) is 5.59. The molecule has 2 atom stereocenters.